The molecule has 3 heterocycles. The highest BCUT2D eigenvalue weighted by atomic mass is 16.2. The number of piperidine rings is 2. The zero-order valence-corrected chi connectivity index (χ0v) is 19.9. The second-order valence-corrected chi connectivity index (χ2v) is 10.4. The van der Waals surface area contributed by atoms with Crippen LogP contribution in [-0.4, -0.2) is 60.4 Å². The Labute approximate surface area is 201 Å². The molecule has 1 saturated carbocycles. The Bertz CT molecular complexity index is 936. The number of benzene rings is 1. The van der Waals surface area contributed by atoms with E-state index >= 15 is 0 Å². The lowest BCUT2D eigenvalue weighted by molar-refractivity contribution is -0.136. The molecule has 0 spiro atoms. The van der Waals surface area contributed by atoms with E-state index in [2.05, 4.69) is 21.6 Å². The number of carbonyl (C=O) groups excluding carboxylic acids is 3. The molecule has 4 N–H and O–H groups in total. The zero-order chi connectivity index (χ0) is 23.7. The lowest BCUT2D eigenvalue weighted by Crippen LogP contribution is -2.52. The van der Waals surface area contributed by atoms with E-state index in [1.807, 2.05) is 12.1 Å². The normalized spacial score (nSPS) is 28.1. The Hall–Kier alpha value is -2.45. The van der Waals surface area contributed by atoms with Gasteiger partial charge in [0.05, 0.1) is 0 Å². The second-order valence-electron chi connectivity index (χ2n) is 10.4. The molecule has 1 aromatic rings. The Balaban J connectivity index is 1.40. The molecule has 1 aromatic carbocycles. The van der Waals surface area contributed by atoms with Gasteiger partial charge in [-0.05, 0) is 82.5 Å². The summed E-state index contributed by atoms with van der Waals surface area (Å²) in [4.78, 5) is 41.7. The van der Waals surface area contributed by atoms with Crippen molar-refractivity contribution in [2.45, 2.75) is 82.5 Å². The molecular weight excluding hydrogens is 430 g/mol. The molecule has 0 aromatic heterocycles. The number of nitrogens with one attached hydrogen (secondary N) is 2. The fourth-order valence-corrected chi connectivity index (χ4v) is 6.24. The van der Waals surface area contributed by atoms with E-state index in [0.717, 1.165) is 68.9 Å². The van der Waals surface area contributed by atoms with Crippen molar-refractivity contribution in [3.05, 3.63) is 29.3 Å². The van der Waals surface area contributed by atoms with Crippen molar-refractivity contribution in [1.82, 2.24) is 15.5 Å². The van der Waals surface area contributed by atoms with E-state index in [1.165, 1.54) is 12.8 Å². The van der Waals surface area contributed by atoms with E-state index in [4.69, 9.17) is 5.73 Å². The van der Waals surface area contributed by atoms with Crippen molar-refractivity contribution in [2.24, 2.45) is 11.7 Å². The van der Waals surface area contributed by atoms with Gasteiger partial charge in [0.1, 0.15) is 6.04 Å². The van der Waals surface area contributed by atoms with E-state index in [1.54, 1.807) is 4.90 Å². The number of rotatable bonds is 6. The predicted molar refractivity (Wildman–Crippen MR) is 130 cm³/mol. The molecule has 0 bridgehead atoms. The highest BCUT2D eigenvalue weighted by molar-refractivity contribution is 6.06. The zero-order valence-electron chi connectivity index (χ0n) is 19.9. The van der Waals surface area contributed by atoms with Gasteiger partial charge < -0.3 is 20.9 Å². The van der Waals surface area contributed by atoms with Crippen LogP contribution in [0.3, 0.4) is 0 Å². The lowest BCUT2D eigenvalue weighted by atomic mass is 9.88. The van der Waals surface area contributed by atoms with Gasteiger partial charge in [0.15, 0.2) is 0 Å². The van der Waals surface area contributed by atoms with Crippen molar-refractivity contribution >= 4 is 23.4 Å². The van der Waals surface area contributed by atoms with Crippen molar-refractivity contribution in [3.8, 4) is 0 Å². The summed E-state index contributed by atoms with van der Waals surface area (Å²) in [6.07, 6.45) is 8.46. The number of nitrogens with zero attached hydrogens (tertiary/aromatic N) is 2. The summed E-state index contributed by atoms with van der Waals surface area (Å²) in [5.41, 5.74) is 9.08. The largest absolute Gasteiger partial charge is 0.368 e. The lowest BCUT2D eigenvalue weighted by Gasteiger charge is -2.39. The first-order valence-electron chi connectivity index (χ1n) is 13.0. The summed E-state index contributed by atoms with van der Waals surface area (Å²) in [7, 11) is 0. The van der Waals surface area contributed by atoms with Crippen LogP contribution < -0.4 is 21.3 Å². The molecule has 3 aliphatic heterocycles. The first-order chi connectivity index (χ1) is 16.5. The summed E-state index contributed by atoms with van der Waals surface area (Å²) in [6.45, 7) is 3.60. The topological polar surface area (TPSA) is 108 Å². The van der Waals surface area contributed by atoms with E-state index in [-0.39, 0.29) is 30.2 Å². The van der Waals surface area contributed by atoms with Gasteiger partial charge in [0.25, 0.3) is 5.91 Å². The van der Waals surface area contributed by atoms with Crippen LogP contribution in [0.1, 0.15) is 73.7 Å². The third-order valence-corrected chi connectivity index (χ3v) is 8.29. The maximum atomic E-state index is 13.3. The van der Waals surface area contributed by atoms with E-state index in [0.29, 0.717) is 24.6 Å². The summed E-state index contributed by atoms with van der Waals surface area (Å²) in [6, 6.07) is 6.14. The minimum atomic E-state index is -0.582. The Morgan fingerprint density at radius 2 is 1.76 bits per heavy atom. The molecule has 0 radical (unpaired) electrons. The van der Waals surface area contributed by atoms with Gasteiger partial charge in [-0.1, -0.05) is 6.07 Å². The minimum Gasteiger partial charge on any atom is -0.368 e. The van der Waals surface area contributed by atoms with Crippen molar-refractivity contribution < 1.29 is 14.4 Å². The molecule has 184 valence electrons. The number of hydrogen-bond donors (Lipinski definition) is 3. The smallest absolute Gasteiger partial charge is 0.255 e. The van der Waals surface area contributed by atoms with Crippen LogP contribution in [-0.2, 0) is 16.1 Å². The maximum absolute atomic E-state index is 13.3. The van der Waals surface area contributed by atoms with Crippen LogP contribution in [0.2, 0.25) is 0 Å². The summed E-state index contributed by atoms with van der Waals surface area (Å²) < 4.78 is 0. The number of imide groups is 1. The molecule has 1 unspecified atom stereocenters. The molecule has 3 fully saturated rings. The fourth-order valence-electron chi connectivity index (χ4n) is 6.24. The first kappa shape index (κ1) is 23.3. The quantitative estimate of drug-likeness (QED) is 0.552. The van der Waals surface area contributed by atoms with Crippen LogP contribution in [0.4, 0.5) is 5.69 Å². The highest BCUT2D eigenvalue weighted by Crippen LogP contribution is 2.37. The van der Waals surface area contributed by atoms with Crippen LogP contribution in [0.25, 0.3) is 0 Å². The molecule has 3 amide bonds. The second kappa shape index (κ2) is 10.0. The van der Waals surface area contributed by atoms with Gasteiger partial charge in [-0.25, -0.2) is 0 Å². The van der Waals surface area contributed by atoms with Crippen LogP contribution in [0.15, 0.2) is 18.2 Å². The van der Waals surface area contributed by atoms with Gasteiger partial charge in [0.2, 0.25) is 11.8 Å². The van der Waals surface area contributed by atoms with E-state index in [9.17, 15) is 14.4 Å². The standard InChI is InChI=1S/C26H37N5O3/c27-18-4-6-19(7-5-18)30(15-12-17-10-13-28-14-11-17)22-3-1-2-20-21(22)16-31(26(20)34)23-8-9-24(32)29-25(23)33/h1-3,17-19,23,28H,4-16,27H2,(H,29,32,33). The Morgan fingerprint density at radius 1 is 1.00 bits per heavy atom. The number of amides is 3. The Kier molecular flexibility index (Phi) is 6.88. The third-order valence-electron chi connectivity index (χ3n) is 8.29. The monoisotopic (exact) mass is 467 g/mol. The average Bonchev–Trinajstić information content (AvgIpc) is 3.18. The summed E-state index contributed by atoms with van der Waals surface area (Å²) >= 11 is 0. The average molecular weight is 468 g/mol. The number of fused-ring (bicyclic) bond motifs is 1. The van der Waals surface area contributed by atoms with E-state index < -0.39 is 6.04 Å². The molecule has 8 nitrogen and oxygen atoms in total. The maximum Gasteiger partial charge on any atom is 0.255 e. The molecule has 1 aliphatic carbocycles. The van der Waals surface area contributed by atoms with Gasteiger partial charge in [-0.3, -0.25) is 19.7 Å². The fraction of sp³-hybridized carbons (Fsp3) is 0.654. The van der Waals surface area contributed by atoms with Crippen molar-refractivity contribution in [1.29, 1.82) is 0 Å². The molecule has 8 heteroatoms. The van der Waals surface area contributed by atoms with Crippen LogP contribution in [0, 0.1) is 5.92 Å². The van der Waals surface area contributed by atoms with Crippen molar-refractivity contribution in [3.63, 3.8) is 0 Å². The number of hydrogen-bond acceptors (Lipinski definition) is 6. The first-order valence-corrected chi connectivity index (χ1v) is 13.0. The minimum absolute atomic E-state index is 0.102. The van der Waals surface area contributed by atoms with Gasteiger partial charge in [0, 0.05) is 48.4 Å². The van der Waals surface area contributed by atoms with Crippen LogP contribution in [0.5, 0.6) is 0 Å². The summed E-state index contributed by atoms with van der Waals surface area (Å²) in [5.74, 6) is 0.0111. The van der Waals surface area contributed by atoms with Crippen LogP contribution >= 0.6 is 0 Å². The van der Waals surface area contributed by atoms with Crippen molar-refractivity contribution in [2.75, 3.05) is 24.5 Å². The molecular formula is C26H37N5O3. The van der Waals surface area contributed by atoms with Gasteiger partial charge >= 0.3 is 0 Å². The predicted octanol–water partition coefficient (Wildman–Crippen LogP) is 1.91. The number of carbonyl (C=O) groups is 3. The highest BCUT2D eigenvalue weighted by Gasteiger charge is 2.41. The number of nitrogens with two attached hydrogens (primary N) is 1. The van der Waals surface area contributed by atoms with Gasteiger partial charge in [-0.2, -0.15) is 0 Å². The van der Waals surface area contributed by atoms with Gasteiger partial charge in [-0.15, -0.1) is 0 Å². The Morgan fingerprint density at radius 3 is 2.50 bits per heavy atom. The molecule has 5 rings (SSSR count). The third kappa shape index (κ3) is 4.70. The molecule has 34 heavy (non-hydrogen) atoms. The molecule has 4 aliphatic rings. The molecule has 2 saturated heterocycles. The summed E-state index contributed by atoms with van der Waals surface area (Å²) in [5, 5.41) is 5.86. The molecule has 1 atom stereocenters. The number of anilines is 1. The SMILES string of the molecule is NC1CCC(N(CCC2CCNCC2)c2cccc3c2CN(C2CCC(=O)NC2=O)C3=O)CC1.